The van der Waals surface area contributed by atoms with E-state index >= 15 is 0 Å². The van der Waals surface area contributed by atoms with Crippen molar-refractivity contribution in [3.8, 4) is 0 Å². The number of benzene rings is 3. The zero-order valence-electron chi connectivity index (χ0n) is 18.8. The van der Waals surface area contributed by atoms with Crippen LogP contribution in [0.1, 0.15) is 21.5 Å². The first kappa shape index (κ1) is 24.1. The molecule has 0 bridgehead atoms. The maximum absolute atomic E-state index is 13.1. The molecule has 1 saturated heterocycles. The molecule has 1 heterocycles. The van der Waals surface area contributed by atoms with E-state index in [1.165, 1.54) is 24.3 Å². The van der Waals surface area contributed by atoms with Gasteiger partial charge in [0.2, 0.25) is 0 Å². The van der Waals surface area contributed by atoms with Crippen molar-refractivity contribution in [1.82, 2.24) is 10.6 Å². The van der Waals surface area contributed by atoms with Crippen LogP contribution in [-0.4, -0.2) is 40.5 Å². The highest BCUT2D eigenvalue weighted by Gasteiger charge is 2.21. The first-order valence-electron chi connectivity index (χ1n) is 11.0. The molecule has 1 aliphatic heterocycles. The monoisotopic (exact) mass is 498 g/mol. The Balaban J connectivity index is 1.61. The molecule has 0 aliphatic carbocycles. The van der Waals surface area contributed by atoms with E-state index in [4.69, 9.17) is 11.6 Å². The van der Waals surface area contributed by atoms with E-state index < -0.39 is 10.0 Å². The number of anilines is 2. The Bertz CT molecular complexity index is 1270. The van der Waals surface area contributed by atoms with Crippen molar-refractivity contribution in [2.24, 2.45) is 0 Å². The van der Waals surface area contributed by atoms with E-state index in [0.29, 0.717) is 22.8 Å². The van der Waals surface area contributed by atoms with Gasteiger partial charge in [0.05, 0.1) is 16.3 Å². The van der Waals surface area contributed by atoms with Gasteiger partial charge in [-0.15, -0.1) is 0 Å². The number of hydrogen-bond donors (Lipinski definition) is 3. The fourth-order valence-electron chi connectivity index (χ4n) is 3.86. The summed E-state index contributed by atoms with van der Waals surface area (Å²) in [4.78, 5) is 15.1. The van der Waals surface area contributed by atoms with Gasteiger partial charge in [0.15, 0.2) is 0 Å². The third kappa shape index (κ3) is 5.88. The second-order valence-electron chi connectivity index (χ2n) is 8.20. The normalized spacial score (nSPS) is 14.0. The number of carbonyl (C=O) groups excluding carboxylic acids is 1. The molecule has 1 aliphatic rings. The Morgan fingerprint density at radius 1 is 1.03 bits per heavy atom. The highest BCUT2D eigenvalue weighted by molar-refractivity contribution is 7.92. The zero-order chi connectivity index (χ0) is 24.1. The Morgan fingerprint density at radius 3 is 2.47 bits per heavy atom. The van der Waals surface area contributed by atoms with Crippen LogP contribution in [-0.2, 0) is 16.6 Å². The number of amides is 1. The average Bonchev–Trinajstić information content (AvgIpc) is 2.83. The van der Waals surface area contributed by atoms with Gasteiger partial charge in [-0.2, -0.15) is 0 Å². The first-order chi connectivity index (χ1) is 16.3. The van der Waals surface area contributed by atoms with Crippen molar-refractivity contribution in [1.29, 1.82) is 0 Å². The number of nitrogens with zero attached hydrogens (tertiary/aromatic N) is 1. The van der Waals surface area contributed by atoms with Crippen LogP contribution in [0.4, 0.5) is 11.4 Å². The molecule has 7 nitrogen and oxygen atoms in total. The predicted molar refractivity (Wildman–Crippen MR) is 136 cm³/mol. The predicted octanol–water partition coefficient (Wildman–Crippen LogP) is 3.79. The van der Waals surface area contributed by atoms with Crippen LogP contribution >= 0.6 is 11.6 Å². The second kappa shape index (κ2) is 10.5. The number of sulfonamides is 1. The van der Waals surface area contributed by atoms with Crippen LogP contribution in [0, 0.1) is 6.92 Å². The minimum atomic E-state index is -3.88. The van der Waals surface area contributed by atoms with Gasteiger partial charge in [-0.1, -0.05) is 41.4 Å². The van der Waals surface area contributed by atoms with Crippen molar-refractivity contribution in [3.05, 3.63) is 88.4 Å². The second-order valence-corrected chi connectivity index (χ2v) is 10.3. The number of hydrogen-bond acceptors (Lipinski definition) is 5. The minimum Gasteiger partial charge on any atom is -0.367 e. The molecule has 3 N–H and O–H groups in total. The smallest absolute Gasteiger partial charge is 0.261 e. The number of halogens is 1. The fraction of sp³-hybridized carbons (Fsp3) is 0.240. The summed E-state index contributed by atoms with van der Waals surface area (Å²) in [5.41, 5.74) is 3.58. The lowest BCUT2D eigenvalue weighted by atomic mass is 10.1. The molecule has 3 aromatic carbocycles. The maximum atomic E-state index is 13.1. The number of nitrogens with one attached hydrogen (secondary N) is 3. The molecular formula is C25H27ClN4O3S. The van der Waals surface area contributed by atoms with Crippen molar-refractivity contribution in [3.63, 3.8) is 0 Å². The molecule has 34 heavy (non-hydrogen) atoms. The standard InChI is InChI=1S/C25H27ClN4O3S/c1-18-3-2-4-19(15-18)17-28-25(31)20-5-10-24(30-13-11-27-12-14-30)23(16-20)29-34(32,33)22-8-6-21(26)7-9-22/h2-10,15-16,27,29H,11-14,17H2,1H3,(H,28,31). The van der Waals surface area contributed by atoms with E-state index in [0.717, 1.165) is 43.0 Å². The number of piperazine rings is 1. The molecule has 0 aromatic heterocycles. The number of rotatable bonds is 7. The fourth-order valence-corrected chi connectivity index (χ4v) is 5.06. The van der Waals surface area contributed by atoms with Crippen molar-refractivity contribution < 1.29 is 13.2 Å². The Kier molecular flexibility index (Phi) is 7.41. The molecule has 1 amide bonds. The zero-order valence-corrected chi connectivity index (χ0v) is 20.4. The topological polar surface area (TPSA) is 90.5 Å². The molecule has 0 radical (unpaired) electrons. The van der Waals surface area contributed by atoms with Crippen LogP contribution in [0.25, 0.3) is 0 Å². The minimum absolute atomic E-state index is 0.0949. The largest absolute Gasteiger partial charge is 0.367 e. The molecule has 4 rings (SSSR count). The van der Waals surface area contributed by atoms with E-state index in [-0.39, 0.29) is 10.8 Å². The van der Waals surface area contributed by atoms with Crippen molar-refractivity contribution in [2.75, 3.05) is 35.8 Å². The van der Waals surface area contributed by atoms with E-state index in [1.54, 1.807) is 18.2 Å². The van der Waals surface area contributed by atoms with Gasteiger partial charge in [0.25, 0.3) is 15.9 Å². The molecule has 3 aromatic rings. The quantitative estimate of drug-likeness (QED) is 0.461. The molecule has 1 fully saturated rings. The molecule has 0 saturated carbocycles. The SMILES string of the molecule is Cc1cccc(CNC(=O)c2ccc(N3CCNCC3)c(NS(=O)(=O)c3ccc(Cl)cc3)c2)c1. The lowest BCUT2D eigenvalue weighted by molar-refractivity contribution is 0.0951. The maximum Gasteiger partial charge on any atom is 0.261 e. The van der Waals surface area contributed by atoms with Crippen LogP contribution in [0.3, 0.4) is 0 Å². The molecule has 0 unspecified atom stereocenters. The third-order valence-corrected chi connectivity index (χ3v) is 7.25. The van der Waals surface area contributed by atoms with Crippen LogP contribution in [0.15, 0.2) is 71.6 Å². The summed E-state index contributed by atoms with van der Waals surface area (Å²) in [6.07, 6.45) is 0. The van der Waals surface area contributed by atoms with Gasteiger partial charge >= 0.3 is 0 Å². The van der Waals surface area contributed by atoms with Gasteiger partial charge in [-0.3, -0.25) is 9.52 Å². The highest BCUT2D eigenvalue weighted by atomic mass is 35.5. The van der Waals surface area contributed by atoms with Gasteiger partial charge in [0.1, 0.15) is 0 Å². The number of carbonyl (C=O) groups is 1. The summed E-state index contributed by atoms with van der Waals surface area (Å²) in [7, 11) is -3.88. The molecule has 0 spiro atoms. The Labute approximate surface area is 205 Å². The van der Waals surface area contributed by atoms with Gasteiger partial charge < -0.3 is 15.5 Å². The van der Waals surface area contributed by atoms with E-state index in [2.05, 4.69) is 20.3 Å². The lowest BCUT2D eigenvalue weighted by Crippen LogP contribution is -2.43. The summed E-state index contributed by atoms with van der Waals surface area (Å²) in [5, 5.41) is 6.66. The Hall–Kier alpha value is -3.07. The van der Waals surface area contributed by atoms with Crippen LogP contribution in [0.5, 0.6) is 0 Å². The van der Waals surface area contributed by atoms with Crippen molar-refractivity contribution >= 4 is 38.9 Å². The van der Waals surface area contributed by atoms with E-state index in [1.807, 2.05) is 31.2 Å². The number of aryl methyl sites for hydroxylation is 1. The van der Waals surface area contributed by atoms with Crippen LogP contribution in [0.2, 0.25) is 5.02 Å². The molecule has 178 valence electrons. The van der Waals surface area contributed by atoms with Crippen molar-refractivity contribution in [2.45, 2.75) is 18.4 Å². The summed E-state index contributed by atoms with van der Waals surface area (Å²) in [6, 6.07) is 19.0. The summed E-state index contributed by atoms with van der Waals surface area (Å²) >= 11 is 5.91. The first-order valence-corrected chi connectivity index (χ1v) is 12.9. The summed E-state index contributed by atoms with van der Waals surface area (Å²) in [6.45, 7) is 5.43. The highest BCUT2D eigenvalue weighted by Crippen LogP contribution is 2.30. The van der Waals surface area contributed by atoms with E-state index in [9.17, 15) is 13.2 Å². The third-order valence-electron chi connectivity index (χ3n) is 5.62. The molecule has 0 atom stereocenters. The molecule has 9 heteroatoms. The average molecular weight is 499 g/mol. The summed E-state index contributed by atoms with van der Waals surface area (Å²) < 4.78 is 28.9. The van der Waals surface area contributed by atoms with Gasteiger partial charge in [0, 0.05) is 43.3 Å². The van der Waals surface area contributed by atoms with Gasteiger partial charge in [-0.25, -0.2) is 8.42 Å². The van der Waals surface area contributed by atoms with Crippen LogP contribution < -0.4 is 20.3 Å². The molecular weight excluding hydrogens is 472 g/mol. The lowest BCUT2D eigenvalue weighted by Gasteiger charge is -2.31. The van der Waals surface area contributed by atoms with Gasteiger partial charge in [-0.05, 0) is 55.0 Å². The summed E-state index contributed by atoms with van der Waals surface area (Å²) in [5.74, 6) is -0.277. The Morgan fingerprint density at radius 2 is 1.76 bits per heavy atom.